The van der Waals surface area contributed by atoms with Gasteiger partial charge in [-0.1, -0.05) is 6.07 Å². The predicted octanol–water partition coefficient (Wildman–Crippen LogP) is 1.59. The molecule has 7 nitrogen and oxygen atoms in total. The minimum absolute atomic E-state index is 0.0599. The molecule has 1 aliphatic rings. The van der Waals surface area contributed by atoms with Crippen molar-refractivity contribution in [3.8, 4) is 0 Å². The monoisotopic (exact) mass is 341 g/mol. The first kappa shape index (κ1) is 16.6. The Hall–Kier alpha value is -3.29. The molecule has 0 unspecified atom stereocenters. The number of hydrazone groups is 1. The number of rotatable bonds is 4. The van der Waals surface area contributed by atoms with E-state index in [1.54, 1.807) is 12.1 Å². The Labute approximate surface area is 143 Å². The van der Waals surface area contributed by atoms with E-state index in [9.17, 15) is 14.0 Å². The summed E-state index contributed by atoms with van der Waals surface area (Å²) in [6.07, 6.45) is 0.0599. The van der Waals surface area contributed by atoms with E-state index in [-0.39, 0.29) is 12.1 Å². The highest BCUT2D eigenvalue weighted by Gasteiger charge is 2.35. The summed E-state index contributed by atoms with van der Waals surface area (Å²) in [7, 11) is 0. The van der Waals surface area contributed by atoms with Crippen molar-refractivity contribution in [2.24, 2.45) is 10.8 Å². The summed E-state index contributed by atoms with van der Waals surface area (Å²) < 4.78 is 13.1. The van der Waals surface area contributed by atoms with Crippen LogP contribution in [0.3, 0.4) is 0 Å². The van der Waals surface area contributed by atoms with Gasteiger partial charge in [-0.3, -0.25) is 14.6 Å². The number of nitrogens with one attached hydrogen (secondary N) is 1. The fourth-order valence-electron chi connectivity index (χ4n) is 2.50. The quantitative estimate of drug-likeness (QED) is 0.882. The summed E-state index contributed by atoms with van der Waals surface area (Å²) in [5.41, 5.74) is 6.80. The van der Waals surface area contributed by atoms with Crippen LogP contribution in [-0.4, -0.2) is 28.6 Å². The van der Waals surface area contributed by atoms with Crippen LogP contribution >= 0.6 is 0 Å². The highest BCUT2D eigenvalue weighted by molar-refractivity contribution is 6.44. The van der Waals surface area contributed by atoms with Gasteiger partial charge in [0.1, 0.15) is 23.4 Å². The van der Waals surface area contributed by atoms with Crippen LogP contribution < -0.4 is 16.1 Å². The lowest BCUT2D eigenvalue weighted by molar-refractivity contribution is -0.119. The van der Waals surface area contributed by atoms with Crippen LogP contribution in [0.5, 0.6) is 0 Å². The minimum atomic E-state index is -0.809. The first-order valence-corrected chi connectivity index (χ1v) is 7.60. The molecule has 2 aromatic rings. The summed E-state index contributed by atoms with van der Waals surface area (Å²) in [5.74, 6) is -1.10. The van der Waals surface area contributed by atoms with E-state index in [0.29, 0.717) is 11.5 Å². The minimum Gasteiger partial charge on any atom is -0.368 e. The molecule has 1 aromatic heterocycles. The number of anilines is 2. The maximum Gasteiger partial charge on any atom is 0.273 e. The summed E-state index contributed by atoms with van der Waals surface area (Å²) in [6, 6.07) is 9.86. The third kappa shape index (κ3) is 3.63. The van der Waals surface area contributed by atoms with Crippen LogP contribution in [0, 0.1) is 12.7 Å². The van der Waals surface area contributed by atoms with E-state index in [4.69, 9.17) is 5.73 Å². The normalized spacial score (nSPS) is 16.5. The number of aryl methyl sites for hydroxylation is 1. The molecule has 1 atom stereocenters. The van der Waals surface area contributed by atoms with Gasteiger partial charge < -0.3 is 11.1 Å². The van der Waals surface area contributed by atoms with Crippen molar-refractivity contribution >= 4 is 29.0 Å². The lowest BCUT2D eigenvalue weighted by Gasteiger charge is -2.20. The Bertz CT molecular complexity index is 850. The smallest absolute Gasteiger partial charge is 0.273 e. The van der Waals surface area contributed by atoms with Gasteiger partial charge in [0, 0.05) is 12.1 Å². The summed E-state index contributed by atoms with van der Waals surface area (Å²) in [6.45, 7) is 1.81. The number of nitrogens with two attached hydrogens (primary N) is 1. The van der Waals surface area contributed by atoms with Crippen molar-refractivity contribution in [1.29, 1.82) is 0 Å². The van der Waals surface area contributed by atoms with E-state index >= 15 is 0 Å². The molecule has 1 aliphatic heterocycles. The van der Waals surface area contributed by atoms with Gasteiger partial charge in [-0.25, -0.2) is 9.37 Å². The van der Waals surface area contributed by atoms with E-state index in [1.165, 1.54) is 29.3 Å². The number of amides is 2. The van der Waals surface area contributed by atoms with E-state index in [1.807, 2.05) is 13.0 Å². The molecule has 2 amide bonds. The third-order valence-electron chi connectivity index (χ3n) is 3.72. The maximum atomic E-state index is 13.1. The number of primary amides is 1. The van der Waals surface area contributed by atoms with E-state index < -0.39 is 23.7 Å². The Balaban J connectivity index is 1.83. The zero-order valence-corrected chi connectivity index (χ0v) is 13.4. The van der Waals surface area contributed by atoms with Crippen LogP contribution in [0.15, 0.2) is 47.6 Å². The molecule has 3 N–H and O–H groups in total. The van der Waals surface area contributed by atoms with Crippen molar-refractivity contribution in [3.05, 3.63) is 54.0 Å². The fourth-order valence-corrected chi connectivity index (χ4v) is 2.50. The Morgan fingerprint density at radius 2 is 1.96 bits per heavy atom. The number of nitrogens with zero attached hydrogens (tertiary/aromatic N) is 3. The molecule has 1 aromatic carbocycles. The van der Waals surface area contributed by atoms with Crippen LogP contribution in [0.2, 0.25) is 0 Å². The van der Waals surface area contributed by atoms with Crippen molar-refractivity contribution < 1.29 is 14.0 Å². The summed E-state index contributed by atoms with van der Waals surface area (Å²) in [4.78, 5) is 28.3. The third-order valence-corrected chi connectivity index (χ3v) is 3.72. The standard InChI is InChI=1S/C17H16FN5O2/c1-10-3-2-4-15(20-10)21-17(25)13-9-14(16(19)24)23(22-13)12-7-5-11(18)6-8-12/h2-8,14H,9H2,1H3,(H2,19,24)(H,20,21,25)/t14-/m1/s1. The molecule has 8 heteroatoms. The summed E-state index contributed by atoms with van der Waals surface area (Å²) in [5, 5.41) is 8.18. The lowest BCUT2D eigenvalue weighted by atomic mass is 10.1. The number of carbonyl (C=O) groups excluding carboxylic acids is 2. The molecule has 0 saturated heterocycles. The molecule has 128 valence electrons. The van der Waals surface area contributed by atoms with E-state index in [0.717, 1.165) is 5.69 Å². The largest absolute Gasteiger partial charge is 0.368 e. The maximum absolute atomic E-state index is 13.1. The Morgan fingerprint density at radius 3 is 2.60 bits per heavy atom. The molecular formula is C17H16FN5O2. The van der Waals surface area contributed by atoms with Crippen LogP contribution in [-0.2, 0) is 9.59 Å². The van der Waals surface area contributed by atoms with Crippen molar-refractivity contribution in [2.75, 3.05) is 10.3 Å². The van der Waals surface area contributed by atoms with Crippen molar-refractivity contribution in [3.63, 3.8) is 0 Å². The molecule has 0 spiro atoms. The van der Waals surface area contributed by atoms with Crippen molar-refractivity contribution in [2.45, 2.75) is 19.4 Å². The second kappa shape index (κ2) is 6.68. The number of carbonyl (C=O) groups is 2. The van der Waals surface area contributed by atoms with Crippen LogP contribution in [0.1, 0.15) is 12.1 Å². The molecular weight excluding hydrogens is 325 g/mol. The van der Waals surface area contributed by atoms with Crippen molar-refractivity contribution in [1.82, 2.24) is 4.98 Å². The van der Waals surface area contributed by atoms with Gasteiger partial charge in [0.2, 0.25) is 5.91 Å². The zero-order valence-electron chi connectivity index (χ0n) is 13.4. The van der Waals surface area contributed by atoms with Crippen LogP contribution in [0.25, 0.3) is 0 Å². The van der Waals surface area contributed by atoms with E-state index in [2.05, 4.69) is 15.4 Å². The first-order chi connectivity index (χ1) is 11.9. The number of halogens is 1. The number of aromatic nitrogens is 1. The zero-order chi connectivity index (χ0) is 18.0. The molecule has 0 fully saturated rings. The Morgan fingerprint density at radius 1 is 1.24 bits per heavy atom. The van der Waals surface area contributed by atoms with Gasteiger partial charge in [-0.05, 0) is 43.3 Å². The summed E-state index contributed by atoms with van der Waals surface area (Å²) >= 11 is 0. The number of pyridine rings is 1. The van der Waals surface area contributed by atoms with Gasteiger partial charge in [0.05, 0.1) is 5.69 Å². The van der Waals surface area contributed by atoms with Gasteiger partial charge in [-0.15, -0.1) is 0 Å². The second-order valence-electron chi connectivity index (χ2n) is 5.61. The Kier molecular flexibility index (Phi) is 4.42. The number of hydrogen-bond donors (Lipinski definition) is 2. The molecule has 0 bridgehead atoms. The predicted molar refractivity (Wildman–Crippen MR) is 91.5 cm³/mol. The van der Waals surface area contributed by atoms with Gasteiger partial charge in [0.25, 0.3) is 5.91 Å². The molecule has 3 rings (SSSR count). The number of hydrogen-bond acceptors (Lipinski definition) is 5. The highest BCUT2D eigenvalue weighted by Crippen LogP contribution is 2.25. The number of benzene rings is 1. The van der Waals surface area contributed by atoms with Gasteiger partial charge >= 0.3 is 0 Å². The topological polar surface area (TPSA) is 101 Å². The second-order valence-corrected chi connectivity index (χ2v) is 5.61. The molecule has 0 radical (unpaired) electrons. The molecule has 0 aliphatic carbocycles. The molecule has 2 heterocycles. The van der Waals surface area contributed by atoms with Gasteiger partial charge in [-0.2, -0.15) is 5.10 Å². The van der Waals surface area contributed by atoms with Gasteiger partial charge in [0.15, 0.2) is 0 Å². The first-order valence-electron chi connectivity index (χ1n) is 7.60. The molecule has 0 saturated carbocycles. The fraction of sp³-hybridized carbons (Fsp3) is 0.176. The lowest BCUT2D eigenvalue weighted by Crippen LogP contribution is -2.39. The average molecular weight is 341 g/mol. The molecule has 25 heavy (non-hydrogen) atoms. The van der Waals surface area contributed by atoms with Crippen LogP contribution in [0.4, 0.5) is 15.9 Å². The average Bonchev–Trinajstić information content (AvgIpc) is 3.01. The highest BCUT2D eigenvalue weighted by atomic mass is 19.1. The SMILES string of the molecule is Cc1cccc(NC(=O)C2=NN(c3ccc(F)cc3)[C@@H](C(N)=O)C2)n1.